The average molecular weight is 399 g/mol. The molecule has 1 unspecified atom stereocenters. The molecule has 0 radical (unpaired) electrons. The van der Waals surface area contributed by atoms with Crippen molar-refractivity contribution in [1.29, 1.82) is 0 Å². The van der Waals surface area contributed by atoms with Gasteiger partial charge in [0.2, 0.25) is 5.91 Å². The fraction of sp³-hybridized carbons (Fsp3) is 0.391. The van der Waals surface area contributed by atoms with E-state index in [2.05, 4.69) is 19.2 Å². The number of ether oxygens (including phenoxy) is 2. The highest BCUT2D eigenvalue weighted by atomic mass is 16.5. The Balaban J connectivity index is 1.98. The summed E-state index contributed by atoms with van der Waals surface area (Å²) < 4.78 is 11.2. The highest BCUT2D eigenvalue weighted by Crippen LogP contribution is 2.30. The van der Waals surface area contributed by atoms with Gasteiger partial charge in [-0.3, -0.25) is 4.79 Å². The van der Waals surface area contributed by atoms with E-state index < -0.39 is 5.97 Å². The number of carbonyl (C=O) groups is 2. The Morgan fingerprint density at radius 3 is 2.45 bits per heavy atom. The summed E-state index contributed by atoms with van der Waals surface area (Å²) in [5.74, 6) is 0.579. The molecule has 0 aliphatic heterocycles. The molecule has 0 aromatic heterocycles. The van der Waals surface area contributed by atoms with Crippen molar-refractivity contribution in [2.75, 3.05) is 13.7 Å². The molecule has 6 nitrogen and oxygen atoms in total. The number of methoxy groups -OCH3 is 1. The Morgan fingerprint density at radius 2 is 1.79 bits per heavy atom. The number of carboxylic acids is 1. The maximum Gasteiger partial charge on any atom is 0.335 e. The van der Waals surface area contributed by atoms with Crippen LogP contribution in [0, 0.1) is 5.92 Å². The Hall–Kier alpha value is -3.02. The molecule has 0 spiro atoms. The summed E-state index contributed by atoms with van der Waals surface area (Å²) in [5, 5.41) is 12.2. The van der Waals surface area contributed by atoms with Crippen LogP contribution in [-0.2, 0) is 11.2 Å². The molecule has 29 heavy (non-hydrogen) atoms. The zero-order valence-electron chi connectivity index (χ0n) is 17.4. The van der Waals surface area contributed by atoms with E-state index in [-0.39, 0.29) is 23.9 Å². The van der Waals surface area contributed by atoms with Gasteiger partial charge >= 0.3 is 5.97 Å². The van der Waals surface area contributed by atoms with Crippen LogP contribution < -0.4 is 14.8 Å². The molecule has 0 saturated carbocycles. The lowest BCUT2D eigenvalue weighted by atomic mass is 10.0. The van der Waals surface area contributed by atoms with Crippen molar-refractivity contribution < 1.29 is 24.2 Å². The zero-order valence-corrected chi connectivity index (χ0v) is 17.4. The third-order valence-corrected chi connectivity index (χ3v) is 4.51. The van der Waals surface area contributed by atoms with Crippen LogP contribution in [-0.4, -0.2) is 30.7 Å². The number of hydrogen-bond acceptors (Lipinski definition) is 4. The molecule has 0 fully saturated rings. The lowest BCUT2D eigenvalue weighted by Gasteiger charge is -2.18. The van der Waals surface area contributed by atoms with E-state index in [0.717, 1.165) is 5.56 Å². The summed E-state index contributed by atoms with van der Waals surface area (Å²) in [6, 6.07) is 12.1. The first-order valence-corrected chi connectivity index (χ1v) is 9.73. The molecule has 1 amide bonds. The van der Waals surface area contributed by atoms with Gasteiger partial charge in [0, 0.05) is 6.42 Å². The Morgan fingerprint density at radius 1 is 1.07 bits per heavy atom. The number of aryl methyl sites for hydroxylation is 1. The number of carbonyl (C=O) groups excluding carboxylic acids is 1. The first kappa shape index (κ1) is 22.3. The third-order valence-electron chi connectivity index (χ3n) is 4.51. The quantitative estimate of drug-likeness (QED) is 0.624. The van der Waals surface area contributed by atoms with E-state index in [1.807, 2.05) is 25.1 Å². The van der Waals surface area contributed by atoms with Gasteiger partial charge in [-0.2, -0.15) is 0 Å². The molecule has 0 heterocycles. The van der Waals surface area contributed by atoms with E-state index in [9.17, 15) is 14.7 Å². The number of benzene rings is 2. The second kappa shape index (κ2) is 10.5. The number of carboxylic acid groups (broad SMARTS) is 1. The van der Waals surface area contributed by atoms with E-state index in [4.69, 9.17) is 9.47 Å². The summed E-state index contributed by atoms with van der Waals surface area (Å²) >= 11 is 0. The first-order chi connectivity index (χ1) is 13.8. The van der Waals surface area contributed by atoms with Crippen LogP contribution in [0.1, 0.15) is 54.7 Å². The standard InChI is InChI=1S/C23H29NO5/c1-15(2)14-29-20-11-9-18(13-21(20)28-4)16(3)24-22(25)12-10-17-7-5-6-8-19(17)23(26)27/h5-9,11,13,15-16H,10,12,14H2,1-4H3,(H,24,25)(H,26,27). The van der Waals surface area contributed by atoms with Crippen molar-refractivity contribution in [3.05, 3.63) is 59.2 Å². The lowest BCUT2D eigenvalue weighted by molar-refractivity contribution is -0.121. The van der Waals surface area contributed by atoms with Gasteiger partial charge in [-0.05, 0) is 48.6 Å². The van der Waals surface area contributed by atoms with E-state index in [1.165, 1.54) is 0 Å². The molecular weight excluding hydrogens is 370 g/mol. The van der Waals surface area contributed by atoms with Gasteiger partial charge in [-0.1, -0.05) is 38.1 Å². The lowest BCUT2D eigenvalue weighted by Crippen LogP contribution is -2.27. The van der Waals surface area contributed by atoms with Gasteiger partial charge in [-0.15, -0.1) is 0 Å². The molecule has 1 atom stereocenters. The van der Waals surface area contributed by atoms with Gasteiger partial charge in [0.05, 0.1) is 25.3 Å². The maximum atomic E-state index is 12.4. The first-order valence-electron chi connectivity index (χ1n) is 9.73. The van der Waals surface area contributed by atoms with E-state index in [0.29, 0.717) is 36.0 Å². The van der Waals surface area contributed by atoms with Crippen LogP contribution in [0.3, 0.4) is 0 Å². The molecule has 2 N–H and O–H groups in total. The van der Waals surface area contributed by atoms with Crippen molar-refractivity contribution >= 4 is 11.9 Å². The van der Waals surface area contributed by atoms with Gasteiger partial charge < -0.3 is 19.9 Å². The van der Waals surface area contributed by atoms with Gasteiger partial charge in [0.1, 0.15) is 0 Å². The molecule has 0 aliphatic carbocycles. The topological polar surface area (TPSA) is 84.9 Å². The molecule has 2 aromatic carbocycles. The van der Waals surface area contributed by atoms with Crippen molar-refractivity contribution in [2.45, 2.75) is 39.7 Å². The smallest absolute Gasteiger partial charge is 0.335 e. The number of hydrogen-bond donors (Lipinski definition) is 2. The van der Waals surface area contributed by atoms with Gasteiger partial charge in [-0.25, -0.2) is 4.79 Å². The molecule has 2 aromatic rings. The SMILES string of the molecule is COc1cc(C(C)NC(=O)CCc2ccccc2C(=O)O)ccc1OCC(C)C. The molecular formula is C23H29NO5. The number of amides is 1. The monoisotopic (exact) mass is 399 g/mol. The van der Waals surface area contributed by atoms with E-state index in [1.54, 1.807) is 31.4 Å². The summed E-state index contributed by atoms with van der Waals surface area (Å²) in [4.78, 5) is 23.6. The minimum atomic E-state index is -0.985. The van der Waals surface area contributed by atoms with Gasteiger partial charge in [0.25, 0.3) is 0 Å². The van der Waals surface area contributed by atoms with E-state index >= 15 is 0 Å². The largest absolute Gasteiger partial charge is 0.493 e. The van der Waals surface area contributed by atoms with Crippen LogP contribution in [0.4, 0.5) is 0 Å². The van der Waals surface area contributed by atoms with Crippen LogP contribution in [0.25, 0.3) is 0 Å². The predicted molar refractivity (Wildman–Crippen MR) is 112 cm³/mol. The zero-order chi connectivity index (χ0) is 21.4. The minimum Gasteiger partial charge on any atom is -0.493 e. The van der Waals surface area contributed by atoms with Crippen LogP contribution >= 0.6 is 0 Å². The molecule has 2 rings (SSSR count). The van der Waals surface area contributed by atoms with Crippen LogP contribution in [0.2, 0.25) is 0 Å². The molecule has 0 aliphatic rings. The third kappa shape index (κ3) is 6.52. The minimum absolute atomic E-state index is 0.142. The summed E-state index contributed by atoms with van der Waals surface area (Å²) in [6.45, 7) is 6.65. The summed E-state index contributed by atoms with van der Waals surface area (Å²) in [5.41, 5.74) is 1.78. The summed E-state index contributed by atoms with van der Waals surface area (Å²) in [6.07, 6.45) is 0.577. The van der Waals surface area contributed by atoms with Gasteiger partial charge in [0.15, 0.2) is 11.5 Å². The number of aromatic carboxylic acids is 1. The highest BCUT2D eigenvalue weighted by Gasteiger charge is 2.15. The van der Waals surface area contributed by atoms with Crippen LogP contribution in [0.15, 0.2) is 42.5 Å². The molecule has 156 valence electrons. The fourth-order valence-electron chi connectivity index (χ4n) is 2.92. The van der Waals surface area contributed by atoms with Crippen molar-refractivity contribution in [3.8, 4) is 11.5 Å². The Kier molecular flexibility index (Phi) is 8.07. The second-order valence-electron chi connectivity index (χ2n) is 7.37. The Labute approximate surface area is 171 Å². The normalized spacial score (nSPS) is 11.8. The highest BCUT2D eigenvalue weighted by molar-refractivity contribution is 5.89. The average Bonchev–Trinajstić information content (AvgIpc) is 2.70. The molecule has 0 bridgehead atoms. The number of rotatable bonds is 10. The van der Waals surface area contributed by atoms with Crippen molar-refractivity contribution in [3.63, 3.8) is 0 Å². The predicted octanol–water partition coefficient (Wildman–Crippen LogP) is 4.24. The molecule has 6 heteroatoms. The maximum absolute atomic E-state index is 12.4. The van der Waals surface area contributed by atoms with Crippen molar-refractivity contribution in [1.82, 2.24) is 5.32 Å². The second-order valence-corrected chi connectivity index (χ2v) is 7.37. The Bertz CT molecular complexity index is 847. The van der Waals surface area contributed by atoms with Crippen LogP contribution in [0.5, 0.6) is 11.5 Å². The molecule has 0 saturated heterocycles. The number of nitrogens with one attached hydrogen (secondary N) is 1. The van der Waals surface area contributed by atoms with Crippen molar-refractivity contribution in [2.24, 2.45) is 5.92 Å². The fourth-order valence-corrected chi connectivity index (χ4v) is 2.92. The summed E-state index contributed by atoms with van der Waals surface area (Å²) in [7, 11) is 1.59.